The zero-order valence-electron chi connectivity index (χ0n) is 7.70. The second kappa shape index (κ2) is 4.63. The van der Waals surface area contributed by atoms with Gasteiger partial charge in [0, 0.05) is 16.5 Å². The molecule has 0 aromatic heterocycles. The smallest absolute Gasteiger partial charge is 0.414 e. The van der Waals surface area contributed by atoms with Gasteiger partial charge in [-0.2, -0.15) is 0 Å². The molecule has 0 fully saturated rings. The summed E-state index contributed by atoms with van der Waals surface area (Å²) in [5.74, 6) is -0.628. The first-order valence-corrected chi connectivity index (χ1v) is 5.06. The van der Waals surface area contributed by atoms with Crippen molar-refractivity contribution in [2.45, 2.75) is 0 Å². The molecule has 0 radical (unpaired) electrons. The number of carboxylic acid groups (broad SMARTS) is 1. The van der Waals surface area contributed by atoms with E-state index in [9.17, 15) is 9.59 Å². The first-order valence-electron chi connectivity index (χ1n) is 3.89. The van der Waals surface area contributed by atoms with E-state index in [4.69, 9.17) is 16.7 Å². The Labute approximate surface area is 99.6 Å². The number of imide groups is 1. The topological polar surface area (TPSA) is 57.6 Å². The van der Waals surface area contributed by atoms with Crippen molar-refractivity contribution in [2.75, 3.05) is 7.05 Å². The number of carbonyl (C=O) groups excluding carboxylic acids is 1. The standard InChI is InChI=1S/C9H7BrClNO3/c1-12(9(14)15)8(13)6-4-5(11)2-3-7(6)10/h2-4H,1H3,(H,14,15). The Balaban J connectivity index is 3.11. The lowest BCUT2D eigenvalue weighted by Crippen LogP contribution is -2.31. The number of hydrogen-bond acceptors (Lipinski definition) is 2. The molecule has 0 aliphatic heterocycles. The van der Waals surface area contributed by atoms with Gasteiger partial charge < -0.3 is 5.11 Å². The lowest BCUT2D eigenvalue weighted by atomic mass is 10.2. The van der Waals surface area contributed by atoms with E-state index in [1.807, 2.05) is 0 Å². The van der Waals surface area contributed by atoms with E-state index in [0.29, 0.717) is 14.4 Å². The average molecular weight is 293 g/mol. The van der Waals surface area contributed by atoms with Crippen molar-refractivity contribution < 1.29 is 14.7 Å². The van der Waals surface area contributed by atoms with Gasteiger partial charge >= 0.3 is 6.09 Å². The van der Waals surface area contributed by atoms with Crippen molar-refractivity contribution in [1.29, 1.82) is 0 Å². The third kappa shape index (κ3) is 2.70. The Kier molecular flexibility index (Phi) is 3.71. The highest BCUT2D eigenvalue weighted by molar-refractivity contribution is 9.10. The summed E-state index contributed by atoms with van der Waals surface area (Å²) in [4.78, 5) is 22.8. The molecule has 4 nitrogen and oxygen atoms in total. The summed E-state index contributed by atoms with van der Waals surface area (Å²) in [5.41, 5.74) is 0.215. The Morgan fingerprint density at radius 1 is 1.47 bits per heavy atom. The van der Waals surface area contributed by atoms with Crippen LogP contribution in [0.1, 0.15) is 10.4 Å². The minimum atomic E-state index is -1.31. The summed E-state index contributed by atoms with van der Waals surface area (Å²) in [5, 5.41) is 9.01. The molecule has 2 amide bonds. The molecular weight excluding hydrogens is 285 g/mol. The first-order chi connectivity index (χ1) is 6.93. The average Bonchev–Trinajstić information content (AvgIpc) is 2.19. The van der Waals surface area contributed by atoms with Gasteiger partial charge in [-0.3, -0.25) is 4.79 Å². The summed E-state index contributed by atoms with van der Waals surface area (Å²) >= 11 is 8.86. The maximum Gasteiger partial charge on any atom is 0.414 e. The summed E-state index contributed by atoms with van der Waals surface area (Å²) in [6.45, 7) is 0. The van der Waals surface area contributed by atoms with Crippen LogP contribution in [-0.2, 0) is 0 Å². The summed E-state index contributed by atoms with van der Waals surface area (Å²) < 4.78 is 0.505. The van der Waals surface area contributed by atoms with Crippen molar-refractivity contribution in [1.82, 2.24) is 4.90 Å². The van der Waals surface area contributed by atoms with Gasteiger partial charge in [0.2, 0.25) is 0 Å². The van der Waals surface area contributed by atoms with E-state index < -0.39 is 12.0 Å². The highest BCUT2D eigenvalue weighted by atomic mass is 79.9. The fourth-order valence-corrected chi connectivity index (χ4v) is 1.52. The zero-order chi connectivity index (χ0) is 11.6. The molecule has 80 valence electrons. The minimum absolute atomic E-state index is 0.215. The maximum absolute atomic E-state index is 11.6. The fourth-order valence-electron chi connectivity index (χ4n) is 0.929. The number of rotatable bonds is 1. The number of carbonyl (C=O) groups is 2. The number of halogens is 2. The quantitative estimate of drug-likeness (QED) is 0.866. The molecule has 6 heteroatoms. The van der Waals surface area contributed by atoms with Crippen LogP contribution in [0.3, 0.4) is 0 Å². The summed E-state index contributed by atoms with van der Waals surface area (Å²) in [7, 11) is 1.18. The molecule has 0 unspecified atom stereocenters. The second-order valence-corrected chi connectivity index (χ2v) is 4.06. The Morgan fingerprint density at radius 2 is 2.07 bits per heavy atom. The zero-order valence-corrected chi connectivity index (χ0v) is 10.0. The van der Waals surface area contributed by atoms with E-state index in [0.717, 1.165) is 0 Å². The molecule has 1 aromatic rings. The predicted molar refractivity (Wildman–Crippen MR) is 59.3 cm³/mol. The molecule has 15 heavy (non-hydrogen) atoms. The molecule has 0 saturated carbocycles. The molecule has 0 spiro atoms. The van der Waals surface area contributed by atoms with Gasteiger partial charge in [0.05, 0.1) is 5.56 Å². The molecule has 0 bridgehead atoms. The number of hydrogen-bond donors (Lipinski definition) is 1. The normalized spacial score (nSPS) is 9.80. The Bertz CT molecular complexity index is 422. The van der Waals surface area contributed by atoms with E-state index >= 15 is 0 Å². The lowest BCUT2D eigenvalue weighted by molar-refractivity contribution is 0.0781. The third-order valence-corrected chi connectivity index (χ3v) is 2.68. The predicted octanol–water partition coefficient (Wildman–Crippen LogP) is 2.85. The largest absolute Gasteiger partial charge is 0.465 e. The van der Waals surface area contributed by atoms with Crippen LogP contribution >= 0.6 is 27.5 Å². The van der Waals surface area contributed by atoms with E-state index in [1.54, 1.807) is 12.1 Å². The molecule has 0 atom stereocenters. The van der Waals surface area contributed by atoms with Crippen molar-refractivity contribution in [3.05, 3.63) is 33.3 Å². The van der Waals surface area contributed by atoms with Crippen LogP contribution in [0.2, 0.25) is 5.02 Å². The first kappa shape index (κ1) is 12.0. The van der Waals surface area contributed by atoms with Crippen molar-refractivity contribution >= 4 is 39.5 Å². The molecule has 0 aliphatic rings. The van der Waals surface area contributed by atoms with Gasteiger partial charge in [0.15, 0.2) is 0 Å². The van der Waals surface area contributed by atoms with Crippen LogP contribution in [0.4, 0.5) is 4.79 Å². The van der Waals surface area contributed by atoms with Gasteiger partial charge in [-0.25, -0.2) is 9.69 Å². The van der Waals surface area contributed by atoms with Gasteiger partial charge in [-0.1, -0.05) is 11.6 Å². The third-order valence-electron chi connectivity index (χ3n) is 1.75. The van der Waals surface area contributed by atoms with E-state index in [2.05, 4.69) is 15.9 Å². The molecule has 0 heterocycles. The van der Waals surface area contributed by atoms with Gasteiger partial charge in [0.25, 0.3) is 5.91 Å². The van der Waals surface area contributed by atoms with Gasteiger partial charge in [-0.05, 0) is 34.1 Å². The maximum atomic E-state index is 11.6. The van der Waals surface area contributed by atoms with E-state index in [-0.39, 0.29) is 5.56 Å². The van der Waals surface area contributed by atoms with Crippen LogP contribution in [0, 0.1) is 0 Å². The Hall–Kier alpha value is -1.07. The van der Waals surface area contributed by atoms with Crippen LogP contribution in [0.25, 0.3) is 0 Å². The van der Waals surface area contributed by atoms with Gasteiger partial charge in [-0.15, -0.1) is 0 Å². The van der Waals surface area contributed by atoms with Crippen LogP contribution in [0.15, 0.2) is 22.7 Å². The van der Waals surface area contributed by atoms with Gasteiger partial charge in [0.1, 0.15) is 0 Å². The highest BCUT2D eigenvalue weighted by Crippen LogP contribution is 2.22. The molecule has 0 aliphatic carbocycles. The molecule has 0 saturated heterocycles. The van der Waals surface area contributed by atoms with Crippen LogP contribution in [-0.4, -0.2) is 29.1 Å². The van der Waals surface area contributed by atoms with Crippen molar-refractivity contribution in [3.8, 4) is 0 Å². The molecule has 1 N–H and O–H groups in total. The number of nitrogens with zero attached hydrogens (tertiary/aromatic N) is 1. The minimum Gasteiger partial charge on any atom is -0.465 e. The highest BCUT2D eigenvalue weighted by Gasteiger charge is 2.19. The van der Waals surface area contributed by atoms with Crippen molar-refractivity contribution in [3.63, 3.8) is 0 Å². The lowest BCUT2D eigenvalue weighted by Gasteiger charge is -2.12. The number of amides is 2. The summed E-state index contributed by atoms with van der Waals surface area (Å²) in [6, 6.07) is 4.60. The fraction of sp³-hybridized carbons (Fsp3) is 0.111. The van der Waals surface area contributed by atoms with E-state index in [1.165, 1.54) is 13.1 Å². The molecular formula is C9H7BrClNO3. The van der Waals surface area contributed by atoms with Crippen LogP contribution < -0.4 is 0 Å². The molecule has 1 rings (SSSR count). The summed E-state index contributed by atoms with van der Waals surface area (Å²) in [6.07, 6.45) is -1.31. The Morgan fingerprint density at radius 3 is 2.60 bits per heavy atom. The monoisotopic (exact) mass is 291 g/mol. The second-order valence-electron chi connectivity index (χ2n) is 2.77. The van der Waals surface area contributed by atoms with Crippen LogP contribution in [0.5, 0.6) is 0 Å². The number of benzene rings is 1. The van der Waals surface area contributed by atoms with Crippen molar-refractivity contribution in [2.24, 2.45) is 0 Å². The SMILES string of the molecule is CN(C(=O)O)C(=O)c1cc(Cl)ccc1Br. The molecule has 1 aromatic carbocycles.